The highest BCUT2D eigenvalue weighted by Crippen LogP contribution is 2.16. The Morgan fingerprint density at radius 3 is 2.62 bits per heavy atom. The molecule has 1 N–H and O–H groups in total. The lowest BCUT2D eigenvalue weighted by atomic mass is 10.2. The molecule has 4 nitrogen and oxygen atoms in total. The molecule has 0 aromatic heterocycles. The van der Waals surface area contributed by atoms with Crippen molar-refractivity contribution in [3.05, 3.63) is 29.3 Å². The van der Waals surface area contributed by atoms with Crippen LogP contribution in [0.5, 0.6) is 0 Å². The molecule has 0 fully saturated rings. The minimum atomic E-state index is -3.49. The van der Waals surface area contributed by atoms with Crippen molar-refractivity contribution in [2.24, 2.45) is 0 Å². The predicted octanol–water partition coefficient (Wildman–Crippen LogP) is 1.17. The van der Waals surface area contributed by atoms with Crippen LogP contribution in [-0.2, 0) is 14.8 Å². The monoisotopic (exact) mass is 241 g/mol. The van der Waals surface area contributed by atoms with Crippen LogP contribution < -0.4 is 4.72 Å². The Morgan fingerprint density at radius 1 is 1.31 bits per heavy atom. The van der Waals surface area contributed by atoms with Gasteiger partial charge in [0.25, 0.3) is 0 Å². The first-order valence-electron chi connectivity index (χ1n) is 4.98. The number of carbonyl (C=O) groups excluding carboxylic acids is 1. The normalized spacial score (nSPS) is 11.4. The van der Waals surface area contributed by atoms with Crippen molar-refractivity contribution in [2.45, 2.75) is 25.2 Å². The first-order valence-corrected chi connectivity index (χ1v) is 6.46. The lowest BCUT2D eigenvalue weighted by Gasteiger charge is -2.08. The third-order valence-corrected chi connectivity index (χ3v) is 3.79. The van der Waals surface area contributed by atoms with Crippen LogP contribution in [-0.4, -0.2) is 21.2 Å². The van der Waals surface area contributed by atoms with E-state index in [1.165, 1.54) is 0 Å². The van der Waals surface area contributed by atoms with Crippen molar-refractivity contribution < 1.29 is 13.2 Å². The van der Waals surface area contributed by atoms with Gasteiger partial charge >= 0.3 is 0 Å². The Hall–Kier alpha value is -1.20. The third kappa shape index (κ3) is 3.15. The van der Waals surface area contributed by atoms with Crippen LogP contribution in [0.15, 0.2) is 23.1 Å². The Morgan fingerprint density at radius 2 is 2.00 bits per heavy atom. The first-order chi connectivity index (χ1) is 7.47. The van der Waals surface area contributed by atoms with Crippen molar-refractivity contribution in [2.75, 3.05) is 6.54 Å². The summed E-state index contributed by atoms with van der Waals surface area (Å²) in [5, 5.41) is 0. The summed E-state index contributed by atoms with van der Waals surface area (Å²) in [5.74, 6) is 0. The van der Waals surface area contributed by atoms with Crippen LogP contribution >= 0.6 is 0 Å². The van der Waals surface area contributed by atoms with Crippen LogP contribution in [0.25, 0.3) is 0 Å². The van der Waals surface area contributed by atoms with Crippen molar-refractivity contribution in [3.63, 3.8) is 0 Å². The molecule has 0 heterocycles. The fourth-order valence-electron chi connectivity index (χ4n) is 1.33. The van der Waals surface area contributed by atoms with Gasteiger partial charge in [-0.25, -0.2) is 13.1 Å². The summed E-state index contributed by atoms with van der Waals surface area (Å²) in [6.45, 7) is 3.72. The zero-order valence-electron chi connectivity index (χ0n) is 9.36. The molecule has 0 unspecified atom stereocenters. The van der Waals surface area contributed by atoms with E-state index in [0.29, 0.717) is 11.8 Å². The van der Waals surface area contributed by atoms with Gasteiger partial charge in [-0.05, 0) is 31.0 Å². The van der Waals surface area contributed by atoms with Crippen molar-refractivity contribution in [3.8, 4) is 0 Å². The molecule has 0 saturated heterocycles. The Kier molecular flexibility index (Phi) is 4.20. The minimum Gasteiger partial charge on any atom is -0.303 e. The quantitative estimate of drug-likeness (QED) is 0.621. The van der Waals surface area contributed by atoms with Gasteiger partial charge in [-0.2, -0.15) is 0 Å². The molecule has 1 aromatic carbocycles. The molecule has 88 valence electrons. The van der Waals surface area contributed by atoms with Crippen molar-refractivity contribution >= 4 is 16.3 Å². The van der Waals surface area contributed by atoms with Gasteiger partial charge < -0.3 is 4.79 Å². The molecule has 0 amide bonds. The van der Waals surface area contributed by atoms with E-state index in [-0.39, 0.29) is 17.9 Å². The highest BCUT2D eigenvalue weighted by atomic mass is 32.2. The van der Waals surface area contributed by atoms with Crippen LogP contribution in [0.4, 0.5) is 0 Å². The summed E-state index contributed by atoms with van der Waals surface area (Å²) in [6, 6.07) is 5.25. The summed E-state index contributed by atoms with van der Waals surface area (Å²) in [4.78, 5) is 10.4. The summed E-state index contributed by atoms with van der Waals surface area (Å²) < 4.78 is 26.1. The van der Waals surface area contributed by atoms with Gasteiger partial charge in [0.15, 0.2) is 0 Å². The van der Waals surface area contributed by atoms with Crippen LogP contribution in [0.1, 0.15) is 17.5 Å². The molecule has 1 aromatic rings. The molecule has 16 heavy (non-hydrogen) atoms. The topological polar surface area (TPSA) is 63.2 Å². The second-order valence-corrected chi connectivity index (χ2v) is 5.36. The van der Waals surface area contributed by atoms with E-state index in [2.05, 4.69) is 4.72 Å². The molecule has 0 aliphatic carbocycles. The highest BCUT2D eigenvalue weighted by molar-refractivity contribution is 7.89. The second kappa shape index (κ2) is 5.23. The molecular formula is C11H15NO3S. The van der Waals surface area contributed by atoms with Gasteiger partial charge in [0.1, 0.15) is 6.29 Å². The van der Waals surface area contributed by atoms with Gasteiger partial charge in [-0.1, -0.05) is 12.1 Å². The van der Waals surface area contributed by atoms with E-state index < -0.39 is 10.0 Å². The van der Waals surface area contributed by atoms with Gasteiger partial charge in [-0.3, -0.25) is 0 Å². The maximum Gasteiger partial charge on any atom is 0.240 e. The fraction of sp³-hybridized carbons (Fsp3) is 0.364. The number of hydrogen-bond donors (Lipinski definition) is 1. The minimum absolute atomic E-state index is 0.138. The Labute approximate surface area is 95.7 Å². The lowest BCUT2D eigenvalue weighted by molar-refractivity contribution is -0.107. The number of aldehydes is 1. The number of hydrogen-bond acceptors (Lipinski definition) is 3. The Bertz CT molecular complexity index is 480. The molecule has 0 atom stereocenters. The number of benzene rings is 1. The molecule has 0 aliphatic heterocycles. The molecule has 0 bridgehead atoms. The third-order valence-electron chi connectivity index (χ3n) is 2.19. The summed E-state index contributed by atoms with van der Waals surface area (Å²) in [7, 11) is -3.49. The zero-order valence-corrected chi connectivity index (χ0v) is 10.2. The lowest BCUT2D eigenvalue weighted by Crippen LogP contribution is -2.25. The molecule has 0 aliphatic rings. The molecule has 5 heteroatoms. The van der Waals surface area contributed by atoms with Gasteiger partial charge in [0.05, 0.1) is 4.90 Å². The predicted molar refractivity (Wildman–Crippen MR) is 61.8 cm³/mol. The average Bonchev–Trinajstić information content (AvgIpc) is 2.22. The molecule has 0 radical (unpaired) electrons. The van der Waals surface area contributed by atoms with E-state index in [4.69, 9.17) is 0 Å². The molecule has 1 rings (SSSR count). The van der Waals surface area contributed by atoms with Gasteiger partial charge in [0.2, 0.25) is 10.0 Å². The van der Waals surface area contributed by atoms with Crippen LogP contribution in [0.3, 0.4) is 0 Å². The van der Waals surface area contributed by atoms with E-state index in [9.17, 15) is 13.2 Å². The summed E-state index contributed by atoms with van der Waals surface area (Å²) in [6.07, 6.45) is 0.871. The van der Waals surface area contributed by atoms with E-state index in [1.807, 2.05) is 13.0 Å². The molecular weight excluding hydrogens is 226 g/mol. The Balaban J connectivity index is 2.97. The van der Waals surface area contributed by atoms with E-state index >= 15 is 0 Å². The summed E-state index contributed by atoms with van der Waals surface area (Å²) in [5.41, 5.74) is 1.59. The number of carbonyl (C=O) groups is 1. The average molecular weight is 241 g/mol. The fourth-order valence-corrected chi connectivity index (χ4v) is 2.70. The van der Waals surface area contributed by atoms with E-state index in [0.717, 1.165) is 5.56 Å². The molecule has 0 saturated carbocycles. The van der Waals surface area contributed by atoms with Crippen LogP contribution in [0.2, 0.25) is 0 Å². The van der Waals surface area contributed by atoms with Crippen LogP contribution in [0, 0.1) is 13.8 Å². The van der Waals surface area contributed by atoms with Gasteiger partial charge in [0, 0.05) is 13.0 Å². The largest absolute Gasteiger partial charge is 0.303 e. The maximum absolute atomic E-state index is 11.9. The maximum atomic E-state index is 11.9. The first kappa shape index (κ1) is 12.9. The molecule has 0 spiro atoms. The van der Waals surface area contributed by atoms with Crippen molar-refractivity contribution in [1.82, 2.24) is 4.72 Å². The highest BCUT2D eigenvalue weighted by Gasteiger charge is 2.15. The van der Waals surface area contributed by atoms with Crippen molar-refractivity contribution in [1.29, 1.82) is 0 Å². The number of nitrogens with one attached hydrogen (secondary N) is 1. The number of rotatable bonds is 5. The standard InChI is InChI=1S/C11H15NO3S/c1-9-4-5-10(2)11(8-9)16(14,15)12-6-3-7-13/h4-5,7-8,12H,3,6H2,1-2H3. The summed E-state index contributed by atoms with van der Waals surface area (Å²) >= 11 is 0. The van der Waals surface area contributed by atoms with Gasteiger partial charge in [-0.15, -0.1) is 0 Å². The van der Waals surface area contributed by atoms with E-state index in [1.54, 1.807) is 19.1 Å². The smallest absolute Gasteiger partial charge is 0.240 e. The number of sulfonamides is 1. The SMILES string of the molecule is Cc1ccc(C)c(S(=O)(=O)NCCC=O)c1. The zero-order chi connectivity index (χ0) is 12.2. The second-order valence-electron chi connectivity index (χ2n) is 3.62. The number of aryl methyl sites for hydroxylation is 2.